The third kappa shape index (κ3) is 5.13. The highest BCUT2D eigenvalue weighted by Gasteiger charge is 2.21. The number of carboxylic acid groups (broad SMARTS) is 2. The van der Waals surface area contributed by atoms with Crippen molar-refractivity contribution in [2.75, 3.05) is 5.32 Å². The summed E-state index contributed by atoms with van der Waals surface area (Å²) in [6, 6.07) is 3.57. The van der Waals surface area contributed by atoms with Crippen LogP contribution in [0.1, 0.15) is 24.0 Å². The molecule has 7 heteroatoms. The van der Waals surface area contributed by atoms with Crippen molar-refractivity contribution in [3.8, 4) is 0 Å². The van der Waals surface area contributed by atoms with Crippen molar-refractivity contribution < 1.29 is 24.6 Å². The number of hydrogen-bond acceptors (Lipinski definition) is 3. The molecule has 4 N–H and O–H groups in total. The van der Waals surface area contributed by atoms with Gasteiger partial charge in [0.05, 0.1) is 0 Å². The molecule has 0 aliphatic heterocycles. The van der Waals surface area contributed by atoms with E-state index < -0.39 is 24.0 Å². The van der Waals surface area contributed by atoms with Crippen LogP contribution >= 0.6 is 0 Å². The molecule has 1 aromatic carbocycles. The largest absolute Gasteiger partial charge is 0.481 e. The molecule has 0 unspecified atom stereocenters. The van der Waals surface area contributed by atoms with Gasteiger partial charge in [0.1, 0.15) is 6.04 Å². The van der Waals surface area contributed by atoms with Crippen molar-refractivity contribution in [1.82, 2.24) is 5.32 Å². The fraction of sp³-hybridized carbons (Fsp3) is 0.357. The first-order valence-corrected chi connectivity index (χ1v) is 6.39. The quantitative estimate of drug-likeness (QED) is 0.638. The summed E-state index contributed by atoms with van der Waals surface area (Å²) in [5, 5.41) is 22.4. The number of amides is 2. The van der Waals surface area contributed by atoms with E-state index in [9.17, 15) is 14.4 Å². The maximum atomic E-state index is 11.8. The van der Waals surface area contributed by atoms with Crippen LogP contribution in [0.2, 0.25) is 0 Å². The first-order chi connectivity index (χ1) is 9.81. The Morgan fingerprint density at radius 2 is 1.71 bits per heavy atom. The van der Waals surface area contributed by atoms with Crippen LogP contribution in [0.15, 0.2) is 18.2 Å². The second kappa shape index (κ2) is 7.28. The summed E-state index contributed by atoms with van der Waals surface area (Å²) in [7, 11) is 0. The van der Waals surface area contributed by atoms with Crippen LogP contribution < -0.4 is 10.6 Å². The first-order valence-electron chi connectivity index (χ1n) is 6.39. The summed E-state index contributed by atoms with van der Waals surface area (Å²) >= 11 is 0. The molecular weight excluding hydrogens is 276 g/mol. The number of aliphatic carboxylic acids is 2. The minimum atomic E-state index is -1.27. The van der Waals surface area contributed by atoms with E-state index >= 15 is 0 Å². The minimum absolute atomic E-state index is 0.176. The lowest BCUT2D eigenvalue weighted by molar-refractivity contribution is -0.140. The molecule has 1 rings (SSSR count). The Morgan fingerprint density at radius 1 is 1.14 bits per heavy atom. The molecule has 7 nitrogen and oxygen atoms in total. The summed E-state index contributed by atoms with van der Waals surface area (Å²) in [5.74, 6) is -2.38. The molecule has 0 heterocycles. The Bertz CT molecular complexity index is 536. The number of aryl methyl sites for hydroxylation is 2. The normalized spacial score (nSPS) is 11.5. The Morgan fingerprint density at radius 3 is 2.19 bits per heavy atom. The average molecular weight is 294 g/mol. The van der Waals surface area contributed by atoms with Gasteiger partial charge in [-0.15, -0.1) is 0 Å². The molecule has 0 aromatic heterocycles. The van der Waals surface area contributed by atoms with Gasteiger partial charge >= 0.3 is 18.0 Å². The lowest BCUT2D eigenvalue weighted by Crippen LogP contribution is -2.43. The van der Waals surface area contributed by atoms with Gasteiger partial charge in [-0.1, -0.05) is 18.2 Å². The number of nitrogens with one attached hydrogen (secondary N) is 2. The predicted molar refractivity (Wildman–Crippen MR) is 76.4 cm³/mol. The number of para-hydroxylation sites is 1. The number of urea groups is 1. The van der Waals surface area contributed by atoms with Gasteiger partial charge in [-0.25, -0.2) is 9.59 Å². The smallest absolute Gasteiger partial charge is 0.326 e. The number of carbonyl (C=O) groups is 3. The molecule has 0 radical (unpaired) electrons. The minimum Gasteiger partial charge on any atom is -0.481 e. The Kier molecular flexibility index (Phi) is 5.71. The maximum absolute atomic E-state index is 11.8. The van der Waals surface area contributed by atoms with E-state index in [1.807, 2.05) is 32.0 Å². The second-order valence-corrected chi connectivity index (χ2v) is 4.69. The van der Waals surface area contributed by atoms with Crippen molar-refractivity contribution in [3.63, 3.8) is 0 Å². The third-order valence-electron chi connectivity index (χ3n) is 2.97. The van der Waals surface area contributed by atoms with Gasteiger partial charge in [-0.05, 0) is 31.4 Å². The van der Waals surface area contributed by atoms with Crippen LogP contribution in [-0.4, -0.2) is 34.2 Å². The van der Waals surface area contributed by atoms with Gasteiger partial charge in [0.15, 0.2) is 0 Å². The number of rotatable bonds is 6. The summed E-state index contributed by atoms with van der Waals surface area (Å²) < 4.78 is 0. The molecular formula is C14H18N2O5. The average Bonchev–Trinajstić information content (AvgIpc) is 2.38. The topological polar surface area (TPSA) is 116 Å². The van der Waals surface area contributed by atoms with Gasteiger partial charge in [-0.2, -0.15) is 0 Å². The summed E-state index contributed by atoms with van der Waals surface area (Å²) in [6.07, 6.45) is -0.508. The first kappa shape index (κ1) is 16.5. The Balaban J connectivity index is 2.70. The van der Waals surface area contributed by atoms with Crippen LogP contribution in [0.4, 0.5) is 10.5 Å². The standard InChI is InChI=1S/C14H18N2O5/c1-8-4-3-5-9(2)12(8)16-14(21)15-10(13(19)20)6-7-11(17)18/h3-5,10H,6-7H2,1-2H3,(H,17,18)(H,19,20)(H2,15,16,21)/t10-/m0/s1. The fourth-order valence-corrected chi connectivity index (χ4v) is 1.84. The number of anilines is 1. The van der Waals surface area contributed by atoms with E-state index in [-0.39, 0.29) is 12.8 Å². The molecule has 21 heavy (non-hydrogen) atoms. The lowest BCUT2D eigenvalue weighted by Gasteiger charge is -2.16. The fourth-order valence-electron chi connectivity index (χ4n) is 1.84. The molecule has 0 spiro atoms. The Labute approximate surface area is 122 Å². The van der Waals surface area contributed by atoms with E-state index in [4.69, 9.17) is 10.2 Å². The monoisotopic (exact) mass is 294 g/mol. The molecule has 0 fully saturated rings. The van der Waals surface area contributed by atoms with Crippen molar-refractivity contribution in [2.24, 2.45) is 0 Å². The van der Waals surface area contributed by atoms with Crippen LogP contribution in [-0.2, 0) is 9.59 Å². The summed E-state index contributed by atoms with van der Waals surface area (Å²) in [6.45, 7) is 3.64. The molecule has 1 aromatic rings. The molecule has 1 atom stereocenters. The zero-order valence-corrected chi connectivity index (χ0v) is 11.8. The van der Waals surface area contributed by atoms with Crippen molar-refractivity contribution in [3.05, 3.63) is 29.3 Å². The zero-order valence-electron chi connectivity index (χ0n) is 11.8. The molecule has 0 bridgehead atoms. The number of hydrogen-bond donors (Lipinski definition) is 4. The van der Waals surface area contributed by atoms with Gasteiger partial charge in [0.25, 0.3) is 0 Å². The van der Waals surface area contributed by atoms with Crippen molar-refractivity contribution >= 4 is 23.7 Å². The van der Waals surface area contributed by atoms with Crippen molar-refractivity contribution in [1.29, 1.82) is 0 Å². The van der Waals surface area contributed by atoms with Crippen LogP contribution in [0.3, 0.4) is 0 Å². The molecule has 0 saturated heterocycles. The Hall–Kier alpha value is -2.57. The van der Waals surface area contributed by atoms with Crippen molar-refractivity contribution in [2.45, 2.75) is 32.7 Å². The summed E-state index contributed by atoms with van der Waals surface area (Å²) in [4.78, 5) is 33.3. The van der Waals surface area contributed by atoms with E-state index in [0.29, 0.717) is 5.69 Å². The van der Waals surface area contributed by atoms with Crippen LogP contribution in [0, 0.1) is 13.8 Å². The second-order valence-electron chi connectivity index (χ2n) is 4.69. The highest BCUT2D eigenvalue weighted by atomic mass is 16.4. The number of carbonyl (C=O) groups excluding carboxylic acids is 1. The van der Waals surface area contributed by atoms with Gasteiger partial charge in [0, 0.05) is 12.1 Å². The highest BCUT2D eigenvalue weighted by Crippen LogP contribution is 2.19. The number of benzene rings is 1. The van der Waals surface area contributed by atoms with Gasteiger partial charge < -0.3 is 20.8 Å². The third-order valence-corrected chi connectivity index (χ3v) is 2.97. The van der Waals surface area contributed by atoms with Crippen LogP contribution in [0.5, 0.6) is 0 Å². The SMILES string of the molecule is Cc1cccc(C)c1NC(=O)N[C@@H](CCC(=O)O)C(=O)O. The molecule has 0 saturated carbocycles. The molecule has 114 valence electrons. The van der Waals surface area contributed by atoms with E-state index in [1.165, 1.54) is 0 Å². The molecule has 0 aliphatic carbocycles. The zero-order chi connectivity index (χ0) is 16.0. The summed E-state index contributed by atoms with van der Waals surface area (Å²) in [5.41, 5.74) is 2.31. The van der Waals surface area contributed by atoms with E-state index in [1.54, 1.807) is 0 Å². The van der Waals surface area contributed by atoms with Gasteiger partial charge in [-0.3, -0.25) is 4.79 Å². The lowest BCUT2D eigenvalue weighted by atomic mass is 10.1. The molecule has 0 aliphatic rings. The highest BCUT2D eigenvalue weighted by molar-refractivity contribution is 5.93. The molecule has 2 amide bonds. The van der Waals surface area contributed by atoms with E-state index in [0.717, 1.165) is 11.1 Å². The number of carboxylic acids is 2. The van der Waals surface area contributed by atoms with Crippen LogP contribution in [0.25, 0.3) is 0 Å². The maximum Gasteiger partial charge on any atom is 0.326 e. The van der Waals surface area contributed by atoms with E-state index in [2.05, 4.69) is 10.6 Å². The predicted octanol–water partition coefficient (Wildman–Crippen LogP) is 1.74. The van der Waals surface area contributed by atoms with Gasteiger partial charge in [0.2, 0.25) is 0 Å².